The van der Waals surface area contributed by atoms with Crippen LogP contribution in [0.25, 0.3) is 21.7 Å². The Morgan fingerprint density at radius 2 is 2.05 bits per heavy atom. The van der Waals surface area contributed by atoms with E-state index in [0.29, 0.717) is 5.56 Å². The van der Waals surface area contributed by atoms with Gasteiger partial charge in [0.1, 0.15) is 0 Å². The van der Waals surface area contributed by atoms with Gasteiger partial charge in [-0.25, -0.2) is 4.98 Å². The van der Waals surface area contributed by atoms with Crippen molar-refractivity contribution in [3.63, 3.8) is 0 Å². The molecular formula is C15H13N3S. The lowest BCUT2D eigenvalue weighted by Crippen LogP contribution is -1.90. The predicted octanol–water partition coefficient (Wildman–Crippen LogP) is 3.79. The minimum atomic E-state index is 0.649. The number of rotatable bonds is 1. The van der Waals surface area contributed by atoms with Gasteiger partial charge in [0.15, 0.2) is 5.82 Å². The first-order valence-corrected chi connectivity index (χ1v) is 6.86. The van der Waals surface area contributed by atoms with E-state index < -0.39 is 0 Å². The molecule has 0 aliphatic carbocycles. The monoisotopic (exact) mass is 267 g/mol. The zero-order chi connectivity index (χ0) is 13.6. The molecule has 4 heteroatoms. The summed E-state index contributed by atoms with van der Waals surface area (Å²) in [7, 11) is 2.01. The molecule has 0 fully saturated rings. The predicted molar refractivity (Wildman–Crippen MR) is 78.2 cm³/mol. The molecule has 3 nitrogen and oxygen atoms in total. The maximum Gasteiger partial charge on any atom is 0.150 e. The highest BCUT2D eigenvalue weighted by Crippen LogP contribution is 2.31. The van der Waals surface area contributed by atoms with Gasteiger partial charge in [0, 0.05) is 11.9 Å². The smallest absolute Gasteiger partial charge is 0.150 e. The van der Waals surface area contributed by atoms with Crippen molar-refractivity contribution in [3.05, 3.63) is 40.3 Å². The van der Waals surface area contributed by atoms with E-state index in [9.17, 15) is 0 Å². The summed E-state index contributed by atoms with van der Waals surface area (Å²) in [6.45, 7) is 4.24. The van der Waals surface area contributed by atoms with Crippen molar-refractivity contribution in [2.75, 3.05) is 0 Å². The first-order valence-electron chi connectivity index (χ1n) is 6.04. The van der Waals surface area contributed by atoms with Crippen LogP contribution >= 0.6 is 11.3 Å². The van der Waals surface area contributed by atoms with Crippen molar-refractivity contribution in [1.29, 1.82) is 5.26 Å². The first-order chi connectivity index (χ1) is 9.10. The lowest BCUT2D eigenvalue weighted by Gasteiger charge is -1.98. The topological polar surface area (TPSA) is 41.6 Å². The second kappa shape index (κ2) is 4.22. The van der Waals surface area contributed by atoms with E-state index in [1.165, 1.54) is 15.3 Å². The van der Waals surface area contributed by atoms with Crippen LogP contribution in [-0.2, 0) is 7.05 Å². The van der Waals surface area contributed by atoms with Crippen LogP contribution in [0.5, 0.6) is 0 Å². The van der Waals surface area contributed by atoms with Gasteiger partial charge in [0.2, 0.25) is 0 Å². The Labute approximate surface area is 115 Å². The number of nitriles is 1. The number of fused-ring (bicyclic) bond motifs is 1. The molecule has 0 radical (unpaired) electrons. The van der Waals surface area contributed by atoms with Crippen molar-refractivity contribution < 1.29 is 0 Å². The normalized spacial score (nSPS) is 10.8. The molecule has 1 aromatic carbocycles. The molecule has 0 saturated carbocycles. The van der Waals surface area contributed by atoms with Crippen molar-refractivity contribution >= 4 is 22.4 Å². The molecule has 94 valence electrons. The number of aryl methyl sites for hydroxylation is 3. The van der Waals surface area contributed by atoms with Gasteiger partial charge in [0.25, 0.3) is 0 Å². The summed E-state index contributed by atoms with van der Waals surface area (Å²) >= 11 is 1.76. The Morgan fingerprint density at radius 1 is 1.26 bits per heavy atom. The molecule has 0 N–H and O–H groups in total. The molecule has 2 heterocycles. The van der Waals surface area contributed by atoms with Crippen LogP contribution in [0.15, 0.2) is 24.3 Å². The second-order valence-corrected chi connectivity index (χ2v) is 5.92. The van der Waals surface area contributed by atoms with Gasteiger partial charge in [-0.15, -0.1) is 11.3 Å². The minimum absolute atomic E-state index is 0.649. The Bertz CT molecular complexity index is 798. The molecule has 0 unspecified atom stereocenters. The Kier molecular flexibility index (Phi) is 2.65. The lowest BCUT2D eigenvalue weighted by atomic mass is 10.2. The molecule has 0 atom stereocenters. The largest absolute Gasteiger partial charge is 0.326 e. The molecule has 3 rings (SSSR count). The average Bonchev–Trinajstić information content (AvgIpc) is 2.90. The molecule has 0 aliphatic rings. The molecule has 0 spiro atoms. The number of benzene rings is 1. The third-order valence-electron chi connectivity index (χ3n) is 3.40. The number of imidazole rings is 1. The molecule has 19 heavy (non-hydrogen) atoms. The van der Waals surface area contributed by atoms with E-state index in [2.05, 4.69) is 35.5 Å². The fourth-order valence-electron chi connectivity index (χ4n) is 2.17. The van der Waals surface area contributed by atoms with Crippen LogP contribution in [0.1, 0.15) is 16.0 Å². The summed E-state index contributed by atoms with van der Waals surface area (Å²) in [5.41, 5.74) is 3.87. The standard InChI is InChI=1S/C15H13N3S/c1-9-6-14(19-10(9)2)15-17-12-7-11(8-16)4-5-13(12)18(15)3/h4-7H,1-3H3. The van der Waals surface area contributed by atoms with Crippen molar-refractivity contribution in [1.82, 2.24) is 9.55 Å². The summed E-state index contributed by atoms with van der Waals surface area (Å²) < 4.78 is 2.08. The number of thiophene rings is 1. The van der Waals surface area contributed by atoms with Gasteiger partial charge >= 0.3 is 0 Å². The van der Waals surface area contributed by atoms with Crippen LogP contribution in [-0.4, -0.2) is 9.55 Å². The maximum absolute atomic E-state index is 8.95. The van der Waals surface area contributed by atoms with Crippen LogP contribution in [0.4, 0.5) is 0 Å². The summed E-state index contributed by atoms with van der Waals surface area (Å²) in [4.78, 5) is 7.16. The van der Waals surface area contributed by atoms with E-state index in [4.69, 9.17) is 5.26 Å². The molecule has 0 amide bonds. The van der Waals surface area contributed by atoms with E-state index in [1.54, 1.807) is 11.3 Å². The molecule has 3 aromatic rings. The average molecular weight is 267 g/mol. The van der Waals surface area contributed by atoms with Gasteiger partial charge in [-0.1, -0.05) is 0 Å². The number of hydrogen-bond acceptors (Lipinski definition) is 3. The van der Waals surface area contributed by atoms with Gasteiger partial charge in [-0.3, -0.25) is 0 Å². The van der Waals surface area contributed by atoms with Crippen LogP contribution in [0.3, 0.4) is 0 Å². The summed E-state index contributed by atoms with van der Waals surface area (Å²) in [6.07, 6.45) is 0. The van der Waals surface area contributed by atoms with Crippen LogP contribution in [0.2, 0.25) is 0 Å². The third kappa shape index (κ3) is 1.83. The highest BCUT2D eigenvalue weighted by molar-refractivity contribution is 7.15. The quantitative estimate of drug-likeness (QED) is 0.673. The Balaban J connectivity index is 2.25. The molecule has 2 aromatic heterocycles. The van der Waals surface area contributed by atoms with E-state index >= 15 is 0 Å². The summed E-state index contributed by atoms with van der Waals surface area (Å²) in [5.74, 6) is 0.964. The number of aromatic nitrogens is 2. The molecule has 0 saturated heterocycles. The fraction of sp³-hybridized carbons (Fsp3) is 0.200. The minimum Gasteiger partial charge on any atom is -0.326 e. The zero-order valence-electron chi connectivity index (χ0n) is 11.1. The van der Waals surface area contributed by atoms with Gasteiger partial charge < -0.3 is 4.57 Å². The zero-order valence-corrected chi connectivity index (χ0v) is 11.9. The van der Waals surface area contributed by atoms with Crippen molar-refractivity contribution in [3.8, 4) is 16.8 Å². The lowest BCUT2D eigenvalue weighted by molar-refractivity contribution is 0.963. The summed E-state index contributed by atoms with van der Waals surface area (Å²) in [6, 6.07) is 9.95. The Morgan fingerprint density at radius 3 is 2.68 bits per heavy atom. The van der Waals surface area contributed by atoms with Gasteiger partial charge in [-0.2, -0.15) is 5.26 Å². The Hall–Kier alpha value is -2.12. The highest BCUT2D eigenvalue weighted by Gasteiger charge is 2.13. The molecule has 0 aliphatic heterocycles. The summed E-state index contributed by atoms with van der Waals surface area (Å²) in [5, 5.41) is 8.95. The first kappa shape index (κ1) is 11.9. The second-order valence-electron chi connectivity index (χ2n) is 4.66. The third-order valence-corrected chi connectivity index (χ3v) is 4.54. The van der Waals surface area contributed by atoms with Gasteiger partial charge in [0.05, 0.1) is 27.5 Å². The number of nitrogens with zero attached hydrogens (tertiary/aromatic N) is 3. The van der Waals surface area contributed by atoms with E-state index in [0.717, 1.165) is 16.9 Å². The van der Waals surface area contributed by atoms with Crippen LogP contribution < -0.4 is 0 Å². The highest BCUT2D eigenvalue weighted by atomic mass is 32.1. The SMILES string of the molecule is Cc1cc(-c2nc3cc(C#N)ccc3n2C)sc1C. The number of hydrogen-bond donors (Lipinski definition) is 0. The van der Waals surface area contributed by atoms with E-state index in [1.807, 2.05) is 25.2 Å². The van der Waals surface area contributed by atoms with Crippen molar-refractivity contribution in [2.24, 2.45) is 7.05 Å². The molecular weight excluding hydrogens is 254 g/mol. The van der Waals surface area contributed by atoms with Gasteiger partial charge in [-0.05, 0) is 43.7 Å². The van der Waals surface area contributed by atoms with Crippen LogP contribution in [0, 0.1) is 25.2 Å². The van der Waals surface area contributed by atoms with E-state index in [-0.39, 0.29) is 0 Å². The fourth-order valence-corrected chi connectivity index (χ4v) is 3.23. The molecule has 0 bridgehead atoms. The van der Waals surface area contributed by atoms with Crippen molar-refractivity contribution in [2.45, 2.75) is 13.8 Å². The maximum atomic E-state index is 8.95.